The lowest BCUT2D eigenvalue weighted by atomic mass is 10.0. The van der Waals surface area contributed by atoms with Gasteiger partial charge < -0.3 is 9.64 Å². The van der Waals surface area contributed by atoms with Crippen LogP contribution < -0.4 is 9.64 Å². The van der Waals surface area contributed by atoms with Gasteiger partial charge in [0.05, 0.1) is 22.9 Å². The Labute approximate surface area is 176 Å². The summed E-state index contributed by atoms with van der Waals surface area (Å²) in [7, 11) is 0. The predicted molar refractivity (Wildman–Crippen MR) is 119 cm³/mol. The topological polar surface area (TPSA) is 42.4 Å². The molecule has 0 radical (unpaired) electrons. The fourth-order valence-electron chi connectivity index (χ4n) is 3.70. The van der Waals surface area contributed by atoms with Crippen LogP contribution in [-0.2, 0) is 11.3 Å². The lowest BCUT2D eigenvalue weighted by Crippen LogP contribution is -2.44. The third kappa shape index (κ3) is 3.79. The van der Waals surface area contributed by atoms with Gasteiger partial charge in [-0.3, -0.25) is 4.79 Å². The van der Waals surface area contributed by atoms with Crippen molar-refractivity contribution in [2.75, 3.05) is 4.90 Å². The van der Waals surface area contributed by atoms with Gasteiger partial charge in [0.25, 0.3) is 5.91 Å². The van der Waals surface area contributed by atoms with Gasteiger partial charge in [0, 0.05) is 10.4 Å². The Bertz CT molecular complexity index is 1050. The summed E-state index contributed by atoms with van der Waals surface area (Å²) >= 11 is 1.69. The van der Waals surface area contributed by atoms with E-state index in [1.807, 2.05) is 36.9 Å². The Morgan fingerprint density at radius 1 is 1.14 bits per heavy atom. The molecule has 5 heteroatoms. The molecule has 2 aromatic carbocycles. The van der Waals surface area contributed by atoms with Crippen LogP contribution in [0.3, 0.4) is 0 Å². The average Bonchev–Trinajstić information content (AvgIpc) is 3.03. The molecule has 1 aliphatic heterocycles. The first-order valence-corrected chi connectivity index (χ1v) is 10.8. The van der Waals surface area contributed by atoms with Gasteiger partial charge in [0.15, 0.2) is 6.10 Å². The van der Waals surface area contributed by atoms with Gasteiger partial charge in [-0.15, -0.1) is 11.3 Å². The number of carbonyl (C=O) groups is 1. The van der Waals surface area contributed by atoms with E-state index in [0.717, 1.165) is 33.3 Å². The number of aromatic nitrogens is 1. The second kappa shape index (κ2) is 7.64. The van der Waals surface area contributed by atoms with E-state index in [1.165, 1.54) is 10.4 Å². The zero-order valence-electron chi connectivity index (χ0n) is 17.5. The minimum atomic E-state index is -0.494. The second-order valence-corrected chi connectivity index (χ2v) is 9.31. The molecule has 4 nitrogen and oxygen atoms in total. The molecule has 0 spiro atoms. The molecular weight excluding hydrogens is 380 g/mol. The molecule has 0 saturated carbocycles. The Kier molecular flexibility index (Phi) is 5.17. The standard InChI is InChI=1S/C24H26N2O2S/c1-14(2)19-8-6-18(7-9-19)13-26-21-12-20(23-16(4)29-17(5)25-23)10-11-22(21)28-15(3)24(26)27/h6-12,14-15H,13H2,1-5H3. The number of benzene rings is 2. The van der Waals surface area contributed by atoms with Crippen LogP contribution in [0.5, 0.6) is 5.75 Å². The fourth-order valence-corrected chi connectivity index (χ4v) is 4.54. The molecule has 1 aliphatic rings. The van der Waals surface area contributed by atoms with Crippen LogP contribution in [0.15, 0.2) is 42.5 Å². The van der Waals surface area contributed by atoms with Crippen LogP contribution in [0.1, 0.15) is 47.7 Å². The first kappa shape index (κ1) is 19.6. The largest absolute Gasteiger partial charge is 0.479 e. The monoisotopic (exact) mass is 406 g/mol. The molecule has 0 aliphatic carbocycles. The number of fused-ring (bicyclic) bond motifs is 1. The van der Waals surface area contributed by atoms with Crippen molar-refractivity contribution >= 4 is 22.9 Å². The molecule has 0 bridgehead atoms. The minimum Gasteiger partial charge on any atom is -0.479 e. The third-order valence-corrected chi connectivity index (χ3v) is 6.22. The molecule has 0 fully saturated rings. The molecule has 1 atom stereocenters. The van der Waals surface area contributed by atoms with Crippen LogP contribution in [0.25, 0.3) is 11.3 Å². The van der Waals surface area contributed by atoms with Crippen LogP contribution in [0.4, 0.5) is 5.69 Å². The van der Waals surface area contributed by atoms with Crippen molar-refractivity contribution in [1.82, 2.24) is 4.98 Å². The summed E-state index contributed by atoms with van der Waals surface area (Å²) in [6.07, 6.45) is -0.494. The first-order chi connectivity index (χ1) is 13.8. The van der Waals surface area contributed by atoms with Gasteiger partial charge >= 0.3 is 0 Å². The van der Waals surface area contributed by atoms with Crippen molar-refractivity contribution in [1.29, 1.82) is 0 Å². The van der Waals surface area contributed by atoms with Crippen LogP contribution in [-0.4, -0.2) is 17.0 Å². The van der Waals surface area contributed by atoms with E-state index in [-0.39, 0.29) is 5.91 Å². The molecule has 0 N–H and O–H groups in total. The summed E-state index contributed by atoms with van der Waals surface area (Å²) in [5.41, 5.74) is 5.20. The zero-order valence-corrected chi connectivity index (χ0v) is 18.3. The molecule has 1 aromatic heterocycles. The highest BCUT2D eigenvalue weighted by Crippen LogP contribution is 2.39. The van der Waals surface area contributed by atoms with E-state index in [4.69, 9.17) is 4.74 Å². The smallest absolute Gasteiger partial charge is 0.268 e. The van der Waals surface area contributed by atoms with Crippen LogP contribution in [0.2, 0.25) is 0 Å². The zero-order chi connectivity index (χ0) is 20.7. The van der Waals surface area contributed by atoms with Crippen molar-refractivity contribution in [3.8, 4) is 17.0 Å². The lowest BCUT2D eigenvalue weighted by Gasteiger charge is -2.33. The van der Waals surface area contributed by atoms with Crippen LogP contribution >= 0.6 is 11.3 Å². The number of hydrogen-bond acceptors (Lipinski definition) is 4. The van der Waals surface area contributed by atoms with Gasteiger partial charge in [-0.05, 0) is 56.0 Å². The number of hydrogen-bond donors (Lipinski definition) is 0. The van der Waals surface area contributed by atoms with Crippen molar-refractivity contribution < 1.29 is 9.53 Å². The first-order valence-electron chi connectivity index (χ1n) is 9.99. The van der Waals surface area contributed by atoms with Gasteiger partial charge in [-0.2, -0.15) is 0 Å². The summed E-state index contributed by atoms with van der Waals surface area (Å²) in [4.78, 5) is 20.7. The van der Waals surface area contributed by atoms with E-state index in [1.54, 1.807) is 11.3 Å². The summed E-state index contributed by atoms with van der Waals surface area (Å²) in [5.74, 6) is 1.21. The predicted octanol–water partition coefficient (Wildman–Crippen LogP) is 5.86. The van der Waals surface area contributed by atoms with Crippen molar-refractivity contribution in [2.24, 2.45) is 0 Å². The van der Waals surface area contributed by atoms with Gasteiger partial charge in [-0.1, -0.05) is 38.1 Å². The average molecular weight is 407 g/mol. The number of anilines is 1. The summed E-state index contributed by atoms with van der Waals surface area (Å²) in [6.45, 7) is 10.8. The summed E-state index contributed by atoms with van der Waals surface area (Å²) in [6, 6.07) is 14.5. The molecular formula is C24H26N2O2S. The lowest BCUT2D eigenvalue weighted by molar-refractivity contribution is -0.125. The second-order valence-electron chi connectivity index (χ2n) is 7.90. The Hall–Kier alpha value is -2.66. The number of aryl methyl sites for hydroxylation is 2. The minimum absolute atomic E-state index is 0.0197. The van der Waals surface area contributed by atoms with E-state index in [2.05, 4.69) is 50.0 Å². The number of rotatable bonds is 4. The van der Waals surface area contributed by atoms with Gasteiger partial charge in [0.1, 0.15) is 5.75 Å². The van der Waals surface area contributed by atoms with E-state index >= 15 is 0 Å². The number of thiazole rings is 1. The molecule has 1 unspecified atom stereocenters. The maximum atomic E-state index is 13.0. The Morgan fingerprint density at radius 2 is 1.86 bits per heavy atom. The maximum Gasteiger partial charge on any atom is 0.268 e. The highest BCUT2D eigenvalue weighted by Gasteiger charge is 2.32. The third-order valence-electron chi connectivity index (χ3n) is 5.33. The molecule has 4 rings (SSSR count). The maximum absolute atomic E-state index is 13.0. The van der Waals surface area contributed by atoms with Crippen molar-refractivity contribution in [2.45, 2.75) is 53.2 Å². The number of ether oxygens (including phenoxy) is 1. The molecule has 29 heavy (non-hydrogen) atoms. The van der Waals surface area contributed by atoms with E-state index < -0.39 is 6.10 Å². The fraction of sp³-hybridized carbons (Fsp3) is 0.333. The SMILES string of the molecule is Cc1nc(-c2ccc3c(c2)N(Cc2ccc(C(C)C)cc2)C(=O)C(C)O3)c(C)s1. The highest BCUT2D eigenvalue weighted by molar-refractivity contribution is 7.11. The summed E-state index contributed by atoms with van der Waals surface area (Å²) in [5, 5.41) is 1.04. The number of amides is 1. The molecule has 0 saturated heterocycles. The normalized spacial score (nSPS) is 16.1. The Morgan fingerprint density at radius 3 is 2.48 bits per heavy atom. The van der Waals surface area contributed by atoms with Gasteiger partial charge in [0.2, 0.25) is 0 Å². The van der Waals surface area contributed by atoms with E-state index in [9.17, 15) is 4.79 Å². The molecule has 150 valence electrons. The van der Waals surface area contributed by atoms with Crippen molar-refractivity contribution in [3.05, 3.63) is 63.5 Å². The molecule has 3 aromatic rings. The number of nitrogens with zero attached hydrogens (tertiary/aromatic N) is 2. The van der Waals surface area contributed by atoms with Crippen molar-refractivity contribution in [3.63, 3.8) is 0 Å². The number of carbonyl (C=O) groups excluding carboxylic acids is 1. The highest BCUT2D eigenvalue weighted by atomic mass is 32.1. The Balaban J connectivity index is 1.72. The quantitative estimate of drug-likeness (QED) is 0.545. The van der Waals surface area contributed by atoms with Gasteiger partial charge in [-0.25, -0.2) is 4.98 Å². The summed E-state index contributed by atoms with van der Waals surface area (Å²) < 4.78 is 5.88. The van der Waals surface area contributed by atoms with E-state index in [0.29, 0.717) is 12.5 Å². The van der Waals surface area contributed by atoms with Crippen LogP contribution in [0, 0.1) is 13.8 Å². The molecule has 1 amide bonds. The molecule has 2 heterocycles.